The molecule has 2 aromatic carbocycles. The van der Waals surface area contributed by atoms with E-state index < -0.39 is 0 Å². The molecule has 1 fully saturated rings. The summed E-state index contributed by atoms with van der Waals surface area (Å²) >= 11 is 1.51. The molecule has 1 saturated heterocycles. The van der Waals surface area contributed by atoms with E-state index in [0.717, 1.165) is 48.3 Å². The molecule has 0 amide bonds. The second-order valence-electron chi connectivity index (χ2n) is 6.31. The molecule has 1 atom stereocenters. The van der Waals surface area contributed by atoms with Crippen molar-refractivity contribution >= 4 is 28.5 Å². The fraction of sp³-hybridized carbons (Fsp3) is 0.300. The van der Waals surface area contributed by atoms with Gasteiger partial charge in [0.1, 0.15) is 11.6 Å². The molecule has 2 heterocycles. The van der Waals surface area contributed by atoms with Gasteiger partial charge in [-0.2, -0.15) is 0 Å². The molecule has 0 aliphatic carbocycles. The van der Waals surface area contributed by atoms with Crippen molar-refractivity contribution in [1.82, 2.24) is 9.97 Å². The van der Waals surface area contributed by atoms with Gasteiger partial charge in [0.2, 0.25) is 0 Å². The molecule has 1 aromatic heterocycles. The van der Waals surface area contributed by atoms with Crippen molar-refractivity contribution in [1.29, 1.82) is 0 Å². The number of hydrogen-bond donors (Lipinski definition) is 1. The molecule has 134 valence electrons. The van der Waals surface area contributed by atoms with E-state index in [1.165, 1.54) is 17.8 Å². The molecule has 4 nitrogen and oxygen atoms in total. The highest BCUT2D eigenvalue weighted by Crippen LogP contribution is 2.27. The van der Waals surface area contributed by atoms with Gasteiger partial charge < -0.3 is 10.1 Å². The van der Waals surface area contributed by atoms with Crippen LogP contribution in [0.1, 0.15) is 18.4 Å². The van der Waals surface area contributed by atoms with Crippen LogP contribution in [-0.2, 0) is 10.5 Å². The van der Waals surface area contributed by atoms with Gasteiger partial charge in [-0.3, -0.25) is 0 Å². The Morgan fingerprint density at radius 1 is 1.15 bits per heavy atom. The third kappa shape index (κ3) is 4.14. The SMILES string of the molecule is Fc1cccc(CSc2nc(NC[C@@H]3CCCO3)c3ccccc3n2)c1. The molecule has 0 spiro atoms. The second-order valence-corrected chi connectivity index (χ2v) is 7.25. The first-order chi connectivity index (χ1) is 12.8. The third-order valence-corrected chi connectivity index (χ3v) is 5.28. The van der Waals surface area contributed by atoms with Crippen LogP contribution in [0.4, 0.5) is 10.2 Å². The Bertz CT molecular complexity index is 899. The molecule has 6 heteroatoms. The lowest BCUT2D eigenvalue weighted by molar-refractivity contribution is 0.120. The van der Waals surface area contributed by atoms with E-state index in [2.05, 4.69) is 10.3 Å². The highest BCUT2D eigenvalue weighted by Gasteiger charge is 2.16. The lowest BCUT2D eigenvalue weighted by Crippen LogP contribution is -2.19. The summed E-state index contributed by atoms with van der Waals surface area (Å²) in [5, 5.41) is 5.11. The number of aromatic nitrogens is 2. The summed E-state index contributed by atoms with van der Waals surface area (Å²) in [4.78, 5) is 9.33. The molecule has 0 unspecified atom stereocenters. The maximum atomic E-state index is 13.4. The maximum absolute atomic E-state index is 13.4. The van der Waals surface area contributed by atoms with Crippen LogP contribution < -0.4 is 5.32 Å². The average Bonchev–Trinajstić information content (AvgIpc) is 3.18. The molecule has 3 aromatic rings. The zero-order valence-corrected chi connectivity index (χ0v) is 15.1. The lowest BCUT2D eigenvalue weighted by atomic mass is 10.2. The molecule has 26 heavy (non-hydrogen) atoms. The predicted molar refractivity (Wildman–Crippen MR) is 103 cm³/mol. The number of nitrogens with zero attached hydrogens (tertiary/aromatic N) is 2. The molecule has 1 N–H and O–H groups in total. The summed E-state index contributed by atoms with van der Waals surface area (Å²) < 4.78 is 19.0. The number of anilines is 1. The first kappa shape index (κ1) is 17.2. The molecule has 1 aliphatic heterocycles. The molecule has 1 aliphatic rings. The first-order valence-corrected chi connectivity index (χ1v) is 9.76. The van der Waals surface area contributed by atoms with Crippen molar-refractivity contribution in [3.8, 4) is 0 Å². The number of halogens is 1. The minimum atomic E-state index is -0.221. The fourth-order valence-corrected chi connectivity index (χ4v) is 3.84. The van der Waals surface area contributed by atoms with Gasteiger partial charge in [-0.15, -0.1) is 0 Å². The van der Waals surface area contributed by atoms with Gasteiger partial charge >= 0.3 is 0 Å². The largest absolute Gasteiger partial charge is 0.376 e. The highest BCUT2D eigenvalue weighted by molar-refractivity contribution is 7.98. The molecular weight excluding hydrogens is 349 g/mol. The highest BCUT2D eigenvalue weighted by atomic mass is 32.2. The van der Waals surface area contributed by atoms with Crippen LogP contribution in [0.2, 0.25) is 0 Å². The van der Waals surface area contributed by atoms with Gasteiger partial charge in [-0.25, -0.2) is 14.4 Å². The zero-order valence-electron chi connectivity index (χ0n) is 14.3. The van der Waals surface area contributed by atoms with Crippen LogP contribution in [-0.4, -0.2) is 29.2 Å². The van der Waals surface area contributed by atoms with E-state index in [1.807, 2.05) is 30.3 Å². The number of fused-ring (bicyclic) bond motifs is 1. The van der Waals surface area contributed by atoms with Crippen molar-refractivity contribution in [2.45, 2.75) is 29.9 Å². The standard InChI is InChI=1S/C20H20FN3OS/c21-15-6-3-5-14(11-15)13-26-20-23-18-9-2-1-8-17(18)19(24-20)22-12-16-7-4-10-25-16/h1-3,5-6,8-9,11,16H,4,7,10,12-13H2,(H,22,23,24)/t16-/m0/s1. The van der Waals surface area contributed by atoms with Crippen molar-refractivity contribution in [2.75, 3.05) is 18.5 Å². The summed E-state index contributed by atoms with van der Waals surface area (Å²) in [5.41, 5.74) is 1.82. The van der Waals surface area contributed by atoms with Crippen molar-refractivity contribution in [2.24, 2.45) is 0 Å². The third-order valence-electron chi connectivity index (χ3n) is 4.36. The Balaban J connectivity index is 1.54. The van der Waals surface area contributed by atoms with Crippen molar-refractivity contribution < 1.29 is 9.13 Å². The monoisotopic (exact) mass is 369 g/mol. The molecule has 0 bridgehead atoms. The van der Waals surface area contributed by atoms with E-state index in [9.17, 15) is 4.39 Å². The van der Waals surface area contributed by atoms with E-state index in [4.69, 9.17) is 9.72 Å². The summed E-state index contributed by atoms with van der Waals surface area (Å²) in [5.74, 6) is 1.23. The van der Waals surface area contributed by atoms with Crippen LogP contribution >= 0.6 is 11.8 Å². The van der Waals surface area contributed by atoms with Gasteiger partial charge in [0, 0.05) is 24.3 Å². The number of thioether (sulfide) groups is 1. The maximum Gasteiger partial charge on any atom is 0.190 e. The van der Waals surface area contributed by atoms with Crippen LogP contribution in [0, 0.1) is 5.82 Å². The topological polar surface area (TPSA) is 47.0 Å². The van der Waals surface area contributed by atoms with E-state index in [-0.39, 0.29) is 11.9 Å². The van der Waals surface area contributed by atoms with Crippen LogP contribution in [0.25, 0.3) is 10.9 Å². The van der Waals surface area contributed by atoms with Gasteiger partial charge in [-0.1, -0.05) is 36.0 Å². The van der Waals surface area contributed by atoms with Crippen LogP contribution in [0.15, 0.2) is 53.7 Å². The molecule has 0 saturated carbocycles. The summed E-state index contributed by atoms with van der Waals surface area (Å²) in [7, 11) is 0. The minimum absolute atomic E-state index is 0.221. The van der Waals surface area contributed by atoms with E-state index in [1.54, 1.807) is 12.1 Å². The van der Waals surface area contributed by atoms with E-state index >= 15 is 0 Å². The fourth-order valence-electron chi connectivity index (χ4n) is 3.05. The van der Waals surface area contributed by atoms with Crippen molar-refractivity contribution in [3.05, 3.63) is 59.9 Å². The molecule has 4 rings (SSSR count). The number of hydrogen-bond acceptors (Lipinski definition) is 5. The Kier molecular flexibility index (Phi) is 5.32. The summed E-state index contributed by atoms with van der Waals surface area (Å²) in [6.07, 6.45) is 2.44. The average molecular weight is 369 g/mol. The minimum Gasteiger partial charge on any atom is -0.376 e. The molecular formula is C20H20FN3OS. The lowest BCUT2D eigenvalue weighted by Gasteiger charge is -2.14. The Hall–Kier alpha value is -2.18. The quantitative estimate of drug-likeness (QED) is 0.506. The zero-order chi connectivity index (χ0) is 17.8. The van der Waals surface area contributed by atoms with Crippen LogP contribution in [0.5, 0.6) is 0 Å². The number of nitrogens with one attached hydrogen (secondary N) is 1. The van der Waals surface area contributed by atoms with Gasteiger partial charge in [-0.05, 0) is 42.7 Å². The number of benzene rings is 2. The summed E-state index contributed by atoms with van der Waals surface area (Å²) in [6.45, 7) is 1.58. The smallest absolute Gasteiger partial charge is 0.190 e. The Labute approximate surface area is 156 Å². The van der Waals surface area contributed by atoms with E-state index in [0.29, 0.717) is 10.9 Å². The van der Waals surface area contributed by atoms with Gasteiger partial charge in [0.15, 0.2) is 5.16 Å². The van der Waals surface area contributed by atoms with Gasteiger partial charge in [0.05, 0.1) is 11.6 Å². The Morgan fingerprint density at radius 3 is 2.92 bits per heavy atom. The normalized spacial score (nSPS) is 16.9. The predicted octanol–water partition coefficient (Wildman–Crippen LogP) is 4.65. The number of para-hydroxylation sites is 1. The number of ether oxygens (including phenoxy) is 1. The Morgan fingerprint density at radius 2 is 2.08 bits per heavy atom. The van der Waals surface area contributed by atoms with Crippen molar-refractivity contribution in [3.63, 3.8) is 0 Å². The first-order valence-electron chi connectivity index (χ1n) is 8.77. The van der Waals surface area contributed by atoms with Crippen LogP contribution in [0.3, 0.4) is 0 Å². The second kappa shape index (κ2) is 8.01. The van der Waals surface area contributed by atoms with Gasteiger partial charge in [0.25, 0.3) is 0 Å². The number of rotatable bonds is 6. The summed E-state index contributed by atoms with van der Waals surface area (Å²) in [6, 6.07) is 14.6. The molecule has 0 radical (unpaired) electrons.